The summed E-state index contributed by atoms with van der Waals surface area (Å²) in [4.78, 5) is 16.6. The topological polar surface area (TPSA) is 93.8 Å². The number of carbonyl (C=O) groups excluding carboxylic acids is 1. The van der Waals surface area contributed by atoms with E-state index in [2.05, 4.69) is 37.8 Å². The van der Waals surface area contributed by atoms with Crippen LogP contribution in [0.5, 0.6) is 0 Å². The van der Waals surface area contributed by atoms with Crippen LogP contribution < -0.4 is 5.32 Å². The lowest BCUT2D eigenvalue weighted by molar-refractivity contribution is 0.0876. The molecule has 2 aliphatic rings. The minimum Gasteiger partial charge on any atom is -0.348 e. The van der Waals surface area contributed by atoms with E-state index in [-0.39, 0.29) is 11.9 Å². The number of benzene rings is 1. The third-order valence-corrected chi connectivity index (χ3v) is 6.06. The molecule has 0 radical (unpaired) electrons. The molecule has 2 bridgehead atoms. The number of carbonyl (C=O) groups is 1. The van der Waals surface area contributed by atoms with Gasteiger partial charge in [0.25, 0.3) is 5.91 Å². The molecular weight excluding hydrogens is 368 g/mol. The number of rotatable bonds is 5. The summed E-state index contributed by atoms with van der Waals surface area (Å²) in [5.41, 5.74) is 1.33. The van der Waals surface area contributed by atoms with Gasteiger partial charge in [0.2, 0.25) is 5.82 Å². The molecule has 2 saturated heterocycles. The Morgan fingerprint density at radius 1 is 1.10 bits per heavy atom. The third kappa shape index (κ3) is 3.65. The number of hydrogen-bond donors (Lipinski definition) is 1. The molecule has 4 heterocycles. The van der Waals surface area contributed by atoms with Gasteiger partial charge in [-0.1, -0.05) is 30.3 Å². The fraction of sp³-hybridized carbons (Fsp3) is 0.450. The van der Waals surface area contributed by atoms with E-state index in [1.165, 1.54) is 17.6 Å². The van der Waals surface area contributed by atoms with Crippen molar-refractivity contribution in [2.45, 2.75) is 50.5 Å². The normalized spacial score (nSPS) is 24.0. The van der Waals surface area contributed by atoms with E-state index in [0.29, 0.717) is 30.3 Å². The monoisotopic (exact) mass is 392 g/mol. The zero-order valence-corrected chi connectivity index (χ0v) is 16.3. The average Bonchev–Trinajstić information content (AvgIpc) is 3.43. The predicted octanol–water partition coefficient (Wildman–Crippen LogP) is 1.40. The first-order valence-corrected chi connectivity index (χ1v) is 10.1. The molecular formula is C20H24N8O. The maximum Gasteiger partial charge on any atom is 0.271 e. The molecule has 2 atom stereocenters. The highest BCUT2D eigenvalue weighted by Crippen LogP contribution is 2.34. The number of tetrazole rings is 1. The van der Waals surface area contributed by atoms with Gasteiger partial charge in [-0.2, -0.15) is 5.10 Å². The Bertz CT molecular complexity index is 983. The van der Waals surface area contributed by atoms with Crippen LogP contribution in [0.3, 0.4) is 0 Å². The van der Waals surface area contributed by atoms with Gasteiger partial charge in [-0.25, -0.2) is 4.68 Å². The molecule has 0 saturated carbocycles. The first-order valence-electron chi connectivity index (χ1n) is 10.1. The highest BCUT2D eigenvalue weighted by atomic mass is 16.2. The van der Waals surface area contributed by atoms with Crippen molar-refractivity contribution in [3.05, 3.63) is 48.3 Å². The van der Waals surface area contributed by atoms with Crippen LogP contribution in [0.4, 0.5) is 0 Å². The van der Waals surface area contributed by atoms with Crippen molar-refractivity contribution >= 4 is 5.91 Å². The van der Waals surface area contributed by atoms with Crippen LogP contribution in [0, 0.1) is 0 Å². The van der Waals surface area contributed by atoms with E-state index in [4.69, 9.17) is 0 Å². The van der Waals surface area contributed by atoms with Gasteiger partial charge in [0.15, 0.2) is 6.67 Å². The molecule has 2 aliphatic heterocycles. The maximum atomic E-state index is 12.6. The molecule has 1 aromatic carbocycles. The van der Waals surface area contributed by atoms with Gasteiger partial charge < -0.3 is 10.2 Å². The van der Waals surface area contributed by atoms with Crippen LogP contribution >= 0.6 is 0 Å². The smallest absolute Gasteiger partial charge is 0.271 e. The number of nitrogens with one attached hydrogen (secondary N) is 1. The third-order valence-electron chi connectivity index (χ3n) is 6.06. The minimum atomic E-state index is -0.116. The molecule has 1 amide bonds. The molecule has 29 heavy (non-hydrogen) atoms. The maximum absolute atomic E-state index is 12.6. The summed E-state index contributed by atoms with van der Waals surface area (Å²) >= 11 is 0. The van der Waals surface area contributed by atoms with Crippen LogP contribution in [0.25, 0.3) is 11.4 Å². The first-order chi connectivity index (χ1) is 14.2. The molecule has 9 heteroatoms. The number of hydrogen-bond acceptors (Lipinski definition) is 6. The van der Waals surface area contributed by atoms with Crippen LogP contribution in [0.15, 0.2) is 42.6 Å². The molecule has 0 spiro atoms. The summed E-state index contributed by atoms with van der Waals surface area (Å²) in [6.45, 7) is 0.297. The van der Waals surface area contributed by atoms with Crippen LogP contribution in [-0.2, 0) is 6.67 Å². The second-order valence-corrected chi connectivity index (χ2v) is 7.93. The fourth-order valence-corrected chi connectivity index (χ4v) is 4.49. The van der Waals surface area contributed by atoms with Crippen molar-refractivity contribution in [1.82, 2.24) is 40.2 Å². The van der Waals surface area contributed by atoms with Crippen molar-refractivity contribution in [2.24, 2.45) is 0 Å². The number of amides is 1. The van der Waals surface area contributed by atoms with Crippen LogP contribution in [-0.4, -0.2) is 66.0 Å². The molecule has 2 aromatic heterocycles. The lowest BCUT2D eigenvalue weighted by Gasteiger charge is -2.36. The number of nitrogens with zero attached hydrogens (tertiary/aromatic N) is 7. The van der Waals surface area contributed by atoms with Gasteiger partial charge in [-0.3, -0.25) is 4.79 Å². The van der Waals surface area contributed by atoms with Crippen molar-refractivity contribution < 1.29 is 4.79 Å². The zero-order chi connectivity index (χ0) is 19.8. The van der Waals surface area contributed by atoms with Crippen molar-refractivity contribution in [1.29, 1.82) is 0 Å². The van der Waals surface area contributed by atoms with Gasteiger partial charge in [-0.05, 0) is 44.0 Å². The van der Waals surface area contributed by atoms with Crippen molar-refractivity contribution in [3.8, 4) is 11.4 Å². The standard InChI is InChI=1S/C20H24N8O/c1-26-16-7-8-17(26)12-15(11-16)21-20(29)18-9-10-27(23-18)13-28-24-19(22-25-28)14-5-3-2-4-6-14/h2-6,9-10,15-17H,7-8,11-13H2,1H3,(H,21,29). The van der Waals surface area contributed by atoms with Crippen molar-refractivity contribution in [3.63, 3.8) is 0 Å². The van der Waals surface area contributed by atoms with E-state index in [1.54, 1.807) is 16.9 Å². The largest absolute Gasteiger partial charge is 0.348 e. The fourth-order valence-electron chi connectivity index (χ4n) is 4.49. The summed E-state index contributed by atoms with van der Waals surface area (Å²) in [5, 5.41) is 20.1. The van der Waals surface area contributed by atoms with Crippen molar-refractivity contribution in [2.75, 3.05) is 7.05 Å². The van der Waals surface area contributed by atoms with E-state index in [9.17, 15) is 4.79 Å². The lowest BCUT2D eigenvalue weighted by Crippen LogP contribution is -2.48. The molecule has 2 fully saturated rings. The summed E-state index contributed by atoms with van der Waals surface area (Å²) in [6, 6.07) is 12.8. The Kier molecular flexibility index (Phi) is 4.59. The molecule has 5 rings (SSSR count). The molecule has 9 nitrogen and oxygen atoms in total. The Balaban J connectivity index is 1.21. The second-order valence-electron chi connectivity index (χ2n) is 7.93. The van der Waals surface area contributed by atoms with Gasteiger partial charge in [0.1, 0.15) is 5.69 Å². The van der Waals surface area contributed by atoms with Gasteiger partial charge in [0, 0.05) is 29.9 Å². The zero-order valence-electron chi connectivity index (χ0n) is 16.3. The summed E-state index contributed by atoms with van der Waals surface area (Å²) in [6.07, 6.45) is 6.27. The summed E-state index contributed by atoms with van der Waals surface area (Å²) in [5.74, 6) is 0.446. The van der Waals surface area contributed by atoms with Gasteiger partial charge in [-0.15, -0.1) is 15.0 Å². The van der Waals surface area contributed by atoms with Crippen LogP contribution in [0.2, 0.25) is 0 Å². The molecule has 2 unspecified atom stereocenters. The van der Waals surface area contributed by atoms with E-state index in [0.717, 1.165) is 18.4 Å². The Labute approximate surface area is 168 Å². The molecule has 0 aliphatic carbocycles. The van der Waals surface area contributed by atoms with Crippen LogP contribution in [0.1, 0.15) is 36.2 Å². The molecule has 1 N–H and O–H groups in total. The highest BCUT2D eigenvalue weighted by Gasteiger charge is 2.38. The van der Waals surface area contributed by atoms with E-state index < -0.39 is 0 Å². The van der Waals surface area contributed by atoms with Gasteiger partial charge >= 0.3 is 0 Å². The average molecular weight is 392 g/mol. The number of piperidine rings is 1. The molecule has 150 valence electrons. The predicted molar refractivity (Wildman–Crippen MR) is 106 cm³/mol. The molecule has 3 aromatic rings. The lowest BCUT2D eigenvalue weighted by atomic mass is 9.98. The number of aromatic nitrogens is 6. The Morgan fingerprint density at radius 2 is 1.86 bits per heavy atom. The number of fused-ring (bicyclic) bond motifs is 2. The quantitative estimate of drug-likeness (QED) is 0.705. The summed E-state index contributed by atoms with van der Waals surface area (Å²) in [7, 11) is 2.20. The Morgan fingerprint density at radius 3 is 2.62 bits per heavy atom. The van der Waals surface area contributed by atoms with E-state index in [1.807, 2.05) is 30.3 Å². The SMILES string of the molecule is CN1C2CCC1CC(NC(=O)c1ccn(Cn3nnc(-c4ccccc4)n3)n1)C2. The van der Waals surface area contributed by atoms with Gasteiger partial charge in [0.05, 0.1) is 0 Å². The first kappa shape index (κ1) is 18.0. The minimum absolute atomic E-state index is 0.116. The summed E-state index contributed by atoms with van der Waals surface area (Å²) < 4.78 is 1.64. The van der Waals surface area contributed by atoms with E-state index >= 15 is 0 Å². The Hall–Kier alpha value is -3.07. The second kappa shape index (κ2) is 7.40. The highest BCUT2D eigenvalue weighted by molar-refractivity contribution is 5.92.